The number of aryl methyl sites for hydroxylation is 1. The van der Waals surface area contributed by atoms with Crippen molar-refractivity contribution in [1.82, 2.24) is 0 Å². The summed E-state index contributed by atoms with van der Waals surface area (Å²) in [5.74, 6) is 0. The van der Waals surface area contributed by atoms with Crippen LogP contribution in [0.3, 0.4) is 0 Å². The van der Waals surface area contributed by atoms with Gasteiger partial charge >= 0.3 is 0 Å². The fraction of sp³-hybridized carbons (Fsp3) is 0.143. The highest BCUT2D eigenvalue weighted by molar-refractivity contribution is 5.33. The van der Waals surface area contributed by atoms with Gasteiger partial charge < -0.3 is 5.73 Å². The minimum absolute atomic E-state index is 0.0221. The molecular weight excluding hydrogens is 182 g/mol. The molecule has 0 amide bonds. The molecule has 2 N–H and O–H groups in total. The highest BCUT2D eigenvalue weighted by atomic mass is 14.6. The Morgan fingerprint density at radius 1 is 0.867 bits per heavy atom. The molecule has 0 spiro atoms. The Kier molecular flexibility index (Phi) is 2.84. The smallest absolute Gasteiger partial charge is 0.0551 e. The van der Waals surface area contributed by atoms with Crippen molar-refractivity contribution in [3.8, 4) is 0 Å². The van der Waals surface area contributed by atoms with E-state index >= 15 is 0 Å². The van der Waals surface area contributed by atoms with Gasteiger partial charge in [-0.2, -0.15) is 0 Å². The number of nitrogens with two attached hydrogens (primary N) is 1. The Morgan fingerprint density at radius 3 is 2.20 bits per heavy atom. The van der Waals surface area contributed by atoms with Gasteiger partial charge in [0.15, 0.2) is 0 Å². The molecule has 0 saturated heterocycles. The zero-order valence-corrected chi connectivity index (χ0v) is 8.85. The summed E-state index contributed by atoms with van der Waals surface area (Å²) in [6.07, 6.45) is 0. The summed E-state index contributed by atoms with van der Waals surface area (Å²) < 4.78 is 0. The molecule has 0 radical (unpaired) electrons. The Morgan fingerprint density at radius 2 is 1.53 bits per heavy atom. The lowest BCUT2D eigenvalue weighted by Crippen LogP contribution is -2.11. The summed E-state index contributed by atoms with van der Waals surface area (Å²) in [5, 5.41) is 0. The van der Waals surface area contributed by atoms with Gasteiger partial charge in [-0.05, 0) is 18.1 Å². The molecule has 0 aliphatic carbocycles. The summed E-state index contributed by atoms with van der Waals surface area (Å²) in [5.41, 5.74) is 9.76. The molecular formula is C14H15N. The summed E-state index contributed by atoms with van der Waals surface area (Å²) in [7, 11) is 0. The predicted octanol–water partition coefficient (Wildman–Crippen LogP) is 3.04. The minimum Gasteiger partial charge on any atom is -0.320 e. The van der Waals surface area contributed by atoms with Gasteiger partial charge in [0.05, 0.1) is 6.04 Å². The van der Waals surface area contributed by atoms with Crippen LogP contribution in [-0.2, 0) is 0 Å². The van der Waals surface area contributed by atoms with Gasteiger partial charge in [0, 0.05) is 0 Å². The molecule has 0 fully saturated rings. The quantitative estimate of drug-likeness (QED) is 0.786. The van der Waals surface area contributed by atoms with E-state index in [0.717, 1.165) is 5.56 Å². The molecule has 2 rings (SSSR count). The van der Waals surface area contributed by atoms with Gasteiger partial charge in [0.1, 0.15) is 0 Å². The minimum atomic E-state index is -0.0221. The first kappa shape index (κ1) is 9.94. The molecule has 1 heteroatoms. The van der Waals surface area contributed by atoms with Crippen molar-refractivity contribution in [2.24, 2.45) is 5.73 Å². The molecule has 0 unspecified atom stereocenters. The third-order valence-corrected chi connectivity index (χ3v) is 2.56. The first-order valence-electron chi connectivity index (χ1n) is 5.14. The van der Waals surface area contributed by atoms with E-state index in [2.05, 4.69) is 37.3 Å². The second-order valence-corrected chi connectivity index (χ2v) is 3.80. The van der Waals surface area contributed by atoms with Crippen LogP contribution in [0, 0.1) is 6.92 Å². The van der Waals surface area contributed by atoms with E-state index in [4.69, 9.17) is 5.73 Å². The second kappa shape index (κ2) is 4.28. The van der Waals surface area contributed by atoms with Crippen LogP contribution in [0.2, 0.25) is 0 Å². The number of benzene rings is 2. The summed E-state index contributed by atoms with van der Waals surface area (Å²) in [6, 6.07) is 18.5. The highest BCUT2D eigenvalue weighted by Crippen LogP contribution is 2.19. The predicted molar refractivity (Wildman–Crippen MR) is 63.7 cm³/mol. The van der Waals surface area contributed by atoms with Crippen LogP contribution in [0.25, 0.3) is 0 Å². The average Bonchev–Trinajstić information content (AvgIpc) is 2.29. The lowest BCUT2D eigenvalue weighted by atomic mass is 9.98. The SMILES string of the molecule is Cc1cccc([C@@H](N)c2ccccc2)c1. The van der Waals surface area contributed by atoms with Crippen molar-refractivity contribution in [3.63, 3.8) is 0 Å². The van der Waals surface area contributed by atoms with Gasteiger partial charge in [-0.3, -0.25) is 0 Å². The summed E-state index contributed by atoms with van der Waals surface area (Å²) >= 11 is 0. The maximum absolute atomic E-state index is 6.19. The molecule has 0 bridgehead atoms. The molecule has 76 valence electrons. The first-order valence-corrected chi connectivity index (χ1v) is 5.14. The zero-order valence-electron chi connectivity index (χ0n) is 8.85. The fourth-order valence-corrected chi connectivity index (χ4v) is 1.72. The van der Waals surface area contributed by atoms with Gasteiger partial charge in [0.25, 0.3) is 0 Å². The summed E-state index contributed by atoms with van der Waals surface area (Å²) in [6.45, 7) is 2.08. The van der Waals surface area contributed by atoms with Crippen LogP contribution >= 0.6 is 0 Å². The van der Waals surface area contributed by atoms with Crippen LogP contribution in [0.5, 0.6) is 0 Å². The van der Waals surface area contributed by atoms with Crippen LogP contribution in [-0.4, -0.2) is 0 Å². The summed E-state index contributed by atoms with van der Waals surface area (Å²) in [4.78, 5) is 0. The lowest BCUT2D eigenvalue weighted by Gasteiger charge is -2.12. The highest BCUT2D eigenvalue weighted by Gasteiger charge is 2.07. The maximum atomic E-state index is 6.19. The largest absolute Gasteiger partial charge is 0.320 e. The zero-order chi connectivity index (χ0) is 10.7. The van der Waals surface area contributed by atoms with Crippen LogP contribution in [0.15, 0.2) is 54.6 Å². The van der Waals surface area contributed by atoms with E-state index in [0.29, 0.717) is 0 Å². The van der Waals surface area contributed by atoms with E-state index in [-0.39, 0.29) is 6.04 Å². The third-order valence-electron chi connectivity index (χ3n) is 2.56. The van der Waals surface area contributed by atoms with Gasteiger partial charge in [-0.15, -0.1) is 0 Å². The molecule has 0 saturated carbocycles. The lowest BCUT2D eigenvalue weighted by molar-refractivity contribution is 0.870. The molecule has 0 aromatic heterocycles. The monoisotopic (exact) mass is 197 g/mol. The van der Waals surface area contributed by atoms with E-state index < -0.39 is 0 Å². The number of rotatable bonds is 2. The van der Waals surface area contributed by atoms with Crippen molar-refractivity contribution >= 4 is 0 Å². The van der Waals surface area contributed by atoms with Crippen LogP contribution in [0.1, 0.15) is 22.7 Å². The van der Waals surface area contributed by atoms with Gasteiger partial charge in [-0.1, -0.05) is 60.2 Å². The number of hydrogen-bond acceptors (Lipinski definition) is 1. The molecule has 15 heavy (non-hydrogen) atoms. The molecule has 2 aromatic carbocycles. The molecule has 2 aromatic rings. The molecule has 1 nitrogen and oxygen atoms in total. The van der Waals surface area contributed by atoms with Gasteiger partial charge in [-0.25, -0.2) is 0 Å². The maximum Gasteiger partial charge on any atom is 0.0551 e. The van der Waals surface area contributed by atoms with Crippen LogP contribution < -0.4 is 5.73 Å². The van der Waals surface area contributed by atoms with Crippen molar-refractivity contribution in [1.29, 1.82) is 0 Å². The molecule has 0 heterocycles. The van der Waals surface area contributed by atoms with E-state index in [1.165, 1.54) is 11.1 Å². The Bertz CT molecular complexity index is 434. The molecule has 0 aliphatic heterocycles. The first-order chi connectivity index (χ1) is 7.27. The van der Waals surface area contributed by atoms with E-state index in [9.17, 15) is 0 Å². The van der Waals surface area contributed by atoms with Crippen molar-refractivity contribution in [3.05, 3.63) is 71.3 Å². The van der Waals surface area contributed by atoms with Crippen molar-refractivity contribution in [2.75, 3.05) is 0 Å². The topological polar surface area (TPSA) is 26.0 Å². The normalized spacial score (nSPS) is 12.4. The Hall–Kier alpha value is -1.60. The Balaban J connectivity index is 2.32. The van der Waals surface area contributed by atoms with Gasteiger partial charge in [0.2, 0.25) is 0 Å². The van der Waals surface area contributed by atoms with E-state index in [1.54, 1.807) is 0 Å². The van der Waals surface area contributed by atoms with Crippen LogP contribution in [0.4, 0.5) is 0 Å². The van der Waals surface area contributed by atoms with Crippen molar-refractivity contribution in [2.45, 2.75) is 13.0 Å². The molecule has 1 atom stereocenters. The van der Waals surface area contributed by atoms with E-state index in [1.807, 2.05) is 24.3 Å². The number of hydrogen-bond donors (Lipinski definition) is 1. The average molecular weight is 197 g/mol. The standard InChI is InChI=1S/C14H15N/c1-11-6-5-9-13(10-11)14(15)12-7-3-2-4-8-12/h2-10,14H,15H2,1H3/t14-/m0/s1. The Labute approximate surface area is 90.6 Å². The fourth-order valence-electron chi connectivity index (χ4n) is 1.72. The third kappa shape index (κ3) is 2.25. The second-order valence-electron chi connectivity index (χ2n) is 3.80. The van der Waals surface area contributed by atoms with Crippen molar-refractivity contribution < 1.29 is 0 Å². The molecule has 0 aliphatic rings.